The number of allylic oxidation sites excluding steroid dienone is 1. The molecule has 28 heavy (non-hydrogen) atoms. The van der Waals surface area contributed by atoms with Crippen molar-refractivity contribution in [3.63, 3.8) is 0 Å². The van der Waals surface area contributed by atoms with Crippen molar-refractivity contribution in [1.82, 2.24) is 14.9 Å². The molecular formula is C19H17Cl2N3O2S2. The van der Waals surface area contributed by atoms with Gasteiger partial charge in [0, 0.05) is 6.54 Å². The zero-order chi connectivity index (χ0) is 20.3. The summed E-state index contributed by atoms with van der Waals surface area (Å²) in [5, 5.41) is 6.15. The van der Waals surface area contributed by atoms with Gasteiger partial charge in [0.1, 0.15) is 4.70 Å². The second-order valence-electron chi connectivity index (χ2n) is 5.99. The van der Waals surface area contributed by atoms with Gasteiger partial charge >= 0.3 is 0 Å². The molecule has 0 fully saturated rings. The Bertz CT molecular complexity index is 1090. The minimum Gasteiger partial charge on any atom is -0.349 e. The van der Waals surface area contributed by atoms with Crippen LogP contribution in [0.1, 0.15) is 18.5 Å². The molecule has 1 atom stereocenters. The molecule has 0 saturated heterocycles. The van der Waals surface area contributed by atoms with Crippen LogP contribution in [0.3, 0.4) is 0 Å². The van der Waals surface area contributed by atoms with Crippen molar-refractivity contribution in [3.05, 3.63) is 68.3 Å². The fraction of sp³-hybridized carbons (Fsp3) is 0.211. The van der Waals surface area contributed by atoms with Crippen molar-refractivity contribution in [1.29, 1.82) is 0 Å². The first kappa shape index (κ1) is 20.9. The maximum absolute atomic E-state index is 12.6. The van der Waals surface area contributed by atoms with Gasteiger partial charge in [0.05, 0.1) is 27.4 Å². The van der Waals surface area contributed by atoms with Crippen molar-refractivity contribution < 1.29 is 4.79 Å². The number of hydrogen-bond donors (Lipinski definition) is 1. The van der Waals surface area contributed by atoms with E-state index in [-0.39, 0.29) is 23.3 Å². The monoisotopic (exact) mass is 453 g/mol. The molecule has 146 valence electrons. The highest BCUT2D eigenvalue weighted by Crippen LogP contribution is 2.26. The summed E-state index contributed by atoms with van der Waals surface area (Å²) in [7, 11) is 0. The van der Waals surface area contributed by atoms with Gasteiger partial charge in [0.25, 0.3) is 5.56 Å². The number of aromatic nitrogens is 2. The number of halogens is 2. The van der Waals surface area contributed by atoms with Gasteiger partial charge in [-0.05, 0) is 36.1 Å². The van der Waals surface area contributed by atoms with E-state index in [0.29, 0.717) is 32.0 Å². The van der Waals surface area contributed by atoms with Crippen LogP contribution in [-0.2, 0) is 11.3 Å². The lowest BCUT2D eigenvalue weighted by Gasteiger charge is -2.15. The van der Waals surface area contributed by atoms with Gasteiger partial charge in [0.15, 0.2) is 5.16 Å². The Morgan fingerprint density at radius 1 is 1.39 bits per heavy atom. The van der Waals surface area contributed by atoms with E-state index < -0.39 is 0 Å². The summed E-state index contributed by atoms with van der Waals surface area (Å²) in [5.41, 5.74) is 1.38. The van der Waals surface area contributed by atoms with E-state index in [9.17, 15) is 9.59 Å². The second-order valence-corrected chi connectivity index (χ2v) is 8.66. The Morgan fingerprint density at radius 3 is 2.89 bits per heavy atom. The first-order valence-corrected chi connectivity index (χ1v) is 11.0. The molecule has 0 spiro atoms. The third kappa shape index (κ3) is 4.60. The van der Waals surface area contributed by atoms with E-state index in [1.807, 2.05) is 18.4 Å². The lowest BCUT2D eigenvalue weighted by atomic mass is 10.1. The summed E-state index contributed by atoms with van der Waals surface area (Å²) in [4.78, 5) is 29.5. The quantitative estimate of drug-likeness (QED) is 0.313. The van der Waals surface area contributed by atoms with E-state index in [1.165, 1.54) is 27.7 Å². The second kappa shape index (κ2) is 9.13. The highest BCUT2D eigenvalue weighted by molar-refractivity contribution is 7.99. The van der Waals surface area contributed by atoms with E-state index in [2.05, 4.69) is 16.9 Å². The lowest BCUT2D eigenvalue weighted by Crippen LogP contribution is -2.29. The predicted octanol–water partition coefficient (Wildman–Crippen LogP) is 4.92. The summed E-state index contributed by atoms with van der Waals surface area (Å²) < 4.78 is 2.13. The fourth-order valence-electron chi connectivity index (χ4n) is 2.60. The first-order chi connectivity index (χ1) is 13.4. The van der Waals surface area contributed by atoms with Crippen molar-refractivity contribution in [2.45, 2.75) is 24.7 Å². The van der Waals surface area contributed by atoms with Crippen molar-refractivity contribution >= 4 is 62.4 Å². The molecule has 2 aromatic heterocycles. The van der Waals surface area contributed by atoms with Crippen LogP contribution in [0, 0.1) is 0 Å². The zero-order valence-corrected chi connectivity index (χ0v) is 18.1. The lowest BCUT2D eigenvalue weighted by molar-refractivity contribution is -0.119. The van der Waals surface area contributed by atoms with Gasteiger partial charge < -0.3 is 5.32 Å². The molecule has 1 unspecified atom stereocenters. The Labute approximate surface area is 180 Å². The summed E-state index contributed by atoms with van der Waals surface area (Å²) in [6, 6.07) is 6.82. The van der Waals surface area contributed by atoms with Crippen molar-refractivity contribution in [3.8, 4) is 0 Å². The molecule has 9 heteroatoms. The summed E-state index contributed by atoms with van der Waals surface area (Å²) >= 11 is 14.5. The van der Waals surface area contributed by atoms with Gasteiger partial charge in [-0.25, -0.2) is 4.98 Å². The number of fused-ring (bicyclic) bond motifs is 1. The Morgan fingerprint density at radius 2 is 2.18 bits per heavy atom. The number of nitrogens with zero attached hydrogens (tertiary/aromatic N) is 2. The van der Waals surface area contributed by atoms with Gasteiger partial charge in [0.2, 0.25) is 5.91 Å². The standard InChI is InChI=1S/C19H17Cl2N3O2S2/c1-3-7-24-18(26)17-15(6-8-27-17)23-19(24)28-10-16(25)22-11(2)12-4-5-13(20)14(21)9-12/h3-6,8-9,11H,1,7,10H2,2H3,(H,22,25). The molecule has 3 aromatic rings. The van der Waals surface area contributed by atoms with Gasteiger partial charge in [-0.3, -0.25) is 14.2 Å². The predicted molar refractivity (Wildman–Crippen MR) is 118 cm³/mol. The van der Waals surface area contributed by atoms with E-state index >= 15 is 0 Å². The summed E-state index contributed by atoms with van der Waals surface area (Å²) in [5.74, 6) is -0.0429. The third-order valence-electron chi connectivity index (χ3n) is 4.00. The molecule has 0 aliphatic carbocycles. The molecule has 5 nitrogen and oxygen atoms in total. The number of thioether (sulfide) groups is 1. The number of hydrogen-bond acceptors (Lipinski definition) is 5. The van der Waals surface area contributed by atoms with Crippen LogP contribution < -0.4 is 10.9 Å². The molecule has 0 aliphatic rings. The van der Waals surface area contributed by atoms with Gasteiger partial charge in [-0.15, -0.1) is 17.9 Å². The third-order valence-corrected chi connectivity index (χ3v) is 6.60. The van der Waals surface area contributed by atoms with Crippen LogP contribution in [0.2, 0.25) is 10.0 Å². The fourth-order valence-corrected chi connectivity index (χ4v) is 4.51. The van der Waals surface area contributed by atoms with Gasteiger partial charge in [-0.1, -0.05) is 47.1 Å². The van der Waals surface area contributed by atoms with Gasteiger partial charge in [-0.2, -0.15) is 0 Å². The Kier molecular flexibility index (Phi) is 6.82. The molecule has 2 heterocycles. The van der Waals surface area contributed by atoms with Crippen LogP contribution >= 0.6 is 46.3 Å². The molecule has 0 radical (unpaired) electrons. The first-order valence-electron chi connectivity index (χ1n) is 8.36. The number of thiophene rings is 1. The van der Waals surface area contributed by atoms with E-state index in [4.69, 9.17) is 23.2 Å². The largest absolute Gasteiger partial charge is 0.349 e. The van der Waals surface area contributed by atoms with E-state index in [1.54, 1.807) is 24.3 Å². The van der Waals surface area contributed by atoms with Crippen LogP contribution in [0.15, 0.2) is 52.3 Å². The smallest absolute Gasteiger partial charge is 0.272 e. The zero-order valence-electron chi connectivity index (χ0n) is 14.9. The maximum Gasteiger partial charge on any atom is 0.272 e. The molecule has 1 aromatic carbocycles. The Balaban J connectivity index is 1.71. The molecule has 1 N–H and O–H groups in total. The minimum absolute atomic E-state index is 0.119. The SMILES string of the molecule is C=CCn1c(SCC(=O)NC(C)c2ccc(Cl)c(Cl)c2)nc2ccsc2c1=O. The number of rotatable bonds is 7. The van der Waals surface area contributed by atoms with Crippen LogP contribution in [0.4, 0.5) is 0 Å². The highest BCUT2D eigenvalue weighted by Gasteiger charge is 2.15. The number of amides is 1. The molecule has 3 rings (SSSR count). The Hall–Kier alpha value is -1.80. The molecular weight excluding hydrogens is 437 g/mol. The van der Waals surface area contributed by atoms with Crippen LogP contribution in [0.5, 0.6) is 0 Å². The molecule has 0 bridgehead atoms. The highest BCUT2D eigenvalue weighted by atomic mass is 35.5. The van der Waals surface area contributed by atoms with Crippen molar-refractivity contribution in [2.75, 3.05) is 5.75 Å². The number of carbonyl (C=O) groups excluding carboxylic acids is 1. The number of nitrogens with one attached hydrogen (secondary N) is 1. The topological polar surface area (TPSA) is 64.0 Å². The minimum atomic E-state index is -0.231. The van der Waals surface area contributed by atoms with Crippen LogP contribution in [0.25, 0.3) is 10.2 Å². The van der Waals surface area contributed by atoms with Crippen molar-refractivity contribution in [2.24, 2.45) is 0 Å². The average Bonchev–Trinajstić information content (AvgIpc) is 3.13. The number of benzene rings is 1. The van der Waals surface area contributed by atoms with E-state index in [0.717, 1.165) is 5.56 Å². The summed E-state index contributed by atoms with van der Waals surface area (Å²) in [6.07, 6.45) is 1.64. The molecule has 0 aliphatic heterocycles. The normalized spacial score (nSPS) is 12.1. The molecule has 0 saturated carbocycles. The number of carbonyl (C=O) groups is 1. The van der Waals surface area contributed by atoms with Crippen LogP contribution in [-0.4, -0.2) is 21.2 Å². The maximum atomic E-state index is 12.6. The molecule has 1 amide bonds. The summed E-state index contributed by atoms with van der Waals surface area (Å²) in [6.45, 7) is 5.90. The average molecular weight is 454 g/mol.